The Hall–Kier alpha value is -1.62. The molecule has 3 rings (SSSR count). The third kappa shape index (κ3) is 2.88. The molecule has 110 valence electrons. The maximum atomic E-state index is 9.43. The van der Waals surface area contributed by atoms with Crippen LogP contribution in [0.5, 0.6) is 17.2 Å². The topological polar surface area (TPSA) is 47.9 Å². The predicted octanol–water partition coefficient (Wildman–Crippen LogP) is 3.79. The first-order valence-electron chi connectivity index (χ1n) is 6.28. The van der Waals surface area contributed by atoms with Crippen LogP contribution in [-0.4, -0.2) is 11.9 Å². The number of aliphatic hydroxyl groups is 1. The second-order valence-electron chi connectivity index (χ2n) is 4.46. The van der Waals surface area contributed by atoms with E-state index in [1.54, 1.807) is 30.3 Å². The van der Waals surface area contributed by atoms with E-state index < -0.39 is 0 Å². The summed E-state index contributed by atoms with van der Waals surface area (Å²) in [5.41, 5.74) is 1.31. The third-order valence-electron chi connectivity index (χ3n) is 3.16. The van der Waals surface area contributed by atoms with E-state index in [9.17, 15) is 5.11 Å². The van der Waals surface area contributed by atoms with E-state index in [2.05, 4.69) is 0 Å². The Balaban J connectivity index is 1.85. The number of aliphatic hydroxyl groups excluding tert-OH is 1. The van der Waals surface area contributed by atoms with Gasteiger partial charge in [0.25, 0.3) is 0 Å². The van der Waals surface area contributed by atoms with Gasteiger partial charge in [-0.3, -0.25) is 0 Å². The van der Waals surface area contributed by atoms with Gasteiger partial charge in [0.1, 0.15) is 12.4 Å². The minimum absolute atomic E-state index is 0.164. The standard InChI is InChI=1S/C15H12Cl2O4/c16-11-2-1-3-12(17)10(11)7-19-13-5-15-14(20-8-21-15)4-9(13)6-18/h1-5,18H,6-8H2. The lowest BCUT2D eigenvalue weighted by atomic mass is 10.2. The molecule has 1 heterocycles. The van der Waals surface area contributed by atoms with Crippen LogP contribution >= 0.6 is 23.2 Å². The number of hydrogen-bond donors (Lipinski definition) is 1. The van der Waals surface area contributed by atoms with E-state index in [0.717, 1.165) is 0 Å². The smallest absolute Gasteiger partial charge is 0.231 e. The van der Waals surface area contributed by atoms with Gasteiger partial charge in [-0.05, 0) is 18.2 Å². The summed E-state index contributed by atoms with van der Waals surface area (Å²) in [6.07, 6.45) is 0. The number of fused-ring (bicyclic) bond motifs is 1. The van der Waals surface area contributed by atoms with E-state index >= 15 is 0 Å². The highest BCUT2D eigenvalue weighted by Crippen LogP contribution is 2.38. The van der Waals surface area contributed by atoms with Crippen LogP contribution in [0, 0.1) is 0 Å². The summed E-state index contributed by atoms with van der Waals surface area (Å²) < 4.78 is 16.3. The molecule has 0 bridgehead atoms. The molecule has 0 radical (unpaired) electrons. The van der Waals surface area contributed by atoms with Crippen molar-refractivity contribution in [1.82, 2.24) is 0 Å². The molecule has 0 aliphatic carbocycles. The second-order valence-corrected chi connectivity index (χ2v) is 5.27. The van der Waals surface area contributed by atoms with Crippen molar-refractivity contribution in [1.29, 1.82) is 0 Å². The molecule has 2 aromatic rings. The number of ether oxygens (including phenoxy) is 3. The van der Waals surface area contributed by atoms with E-state index in [1.807, 2.05) is 0 Å². The van der Waals surface area contributed by atoms with Gasteiger partial charge in [-0.2, -0.15) is 0 Å². The van der Waals surface area contributed by atoms with Gasteiger partial charge in [-0.1, -0.05) is 29.3 Å². The molecule has 1 N–H and O–H groups in total. The van der Waals surface area contributed by atoms with Crippen LogP contribution in [-0.2, 0) is 13.2 Å². The monoisotopic (exact) mass is 326 g/mol. The van der Waals surface area contributed by atoms with Crippen LogP contribution in [0.25, 0.3) is 0 Å². The summed E-state index contributed by atoms with van der Waals surface area (Å²) >= 11 is 12.2. The largest absolute Gasteiger partial charge is 0.488 e. The molecule has 0 spiro atoms. The van der Waals surface area contributed by atoms with E-state index in [4.69, 9.17) is 37.4 Å². The fraction of sp³-hybridized carbons (Fsp3) is 0.200. The average Bonchev–Trinajstić information content (AvgIpc) is 2.93. The van der Waals surface area contributed by atoms with Gasteiger partial charge in [0.05, 0.1) is 6.61 Å². The van der Waals surface area contributed by atoms with Gasteiger partial charge in [-0.25, -0.2) is 0 Å². The molecule has 2 aromatic carbocycles. The van der Waals surface area contributed by atoms with Crippen LogP contribution in [0.3, 0.4) is 0 Å². The van der Waals surface area contributed by atoms with Crippen molar-refractivity contribution >= 4 is 23.2 Å². The van der Waals surface area contributed by atoms with Gasteiger partial charge < -0.3 is 19.3 Å². The molecule has 0 aromatic heterocycles. The minimum atomic E-state index is -0.164. The van der Waals surface area contributed by atoms with Crippen molar-refractivity contribution in [3.05, 3.63) is 51.5 Å². The number of hydrogen-bond acceptors (Lipinski definition) is 4. The fourth-order valence-corrected chi connectivity index (χ4v) is 2.55. The van der Waals surface area contributed by atoms with E-state index in [1.165, 1.54) is 0 Å². The predicted molar refractivity (Wildman–Crippen MR) is 79.3 cm³/mol. The fourth-order valence-electron chi connectivity index (χ4n) is 2.04. The van der Waals surface area contributed by atoms with Crippen LogP contribution in [0.4, 0.5) is 0 Å². The third-order valence-corrected chi connectivity index (χ3v) is 3.87. The molecule has 0 saturated heterocycles. The Labute approximate surface area is 131 Å². The maximum absolute atomic E-state index is 9.43. The first-order chi connectivity index (χ1) is 10.2. The molecule has 0 unspecified atom stereocenters. The summed E-state index contributed by atoms with van der Waals surface area (Å²) in [4.78, 5) is 0. The van der Waals surface area contributed by atoms with Crippen molar-refractivity contribution in [3.63, 3.8) is 0 Å². The normalized spacial score (nSPS) is 12.5. The van der Waals surface area contributed by atoms with Crippen molar-refractivity contribution in [2.45, 2.75) is 13.2 Å². The number of halogens is 2. The van der Waals surface area contributed by atoms with Gasteiger partial charge in [-0.15, -0.1) is 0 Å². The molecular weight excluding hydrogens is 315 g/mol. The van der Waals surface area contributed by atoms with Gasteiger partial charge in [0.2, 0.25) is 6.79 Å². The summed E-state index contributed by atoms with van der Waals surface area (Å²) in [6, 6.07) is 8.66. The van der Waals surface area contributed by atoms with Crippen molar-refractivity contribution in [2.24, 2.45) is 0 Å². The highest BCUT2D eigenvalue weighted by Gasteiger charge is 2.18. The molecule has 6 heteroatoms. The average molecular weight is 327 g/mol. The molecule has 0 amide bonds. The lowest BCUT2D eigenvalue weighted by molar-refractivity contribution is 0.173. The Kier molecular flexibility index (Phi) is 4.10. The van der Waals surface area contributed by atoms with Crippen LogP contribution in [0.15, 0.2) is 30.3 Å². The summed E-state index contributed by atoms with van der Waals surface area (Å²) in [6.45, 7) is 0.202. The SMILES string of the molecule is OCc1cc2c(cc1OCc1c(Cl)cccc1Cl)OCO2. The van der Waals surface area contributed by atoms with Crippen molar-refractivity contribution in [2.75, 3.05) is 6.79 Å². The minimum Gasteiger partial charge on any atom is -0.488 e. The van der Waals surface area contributed by atoms with Crippen molar-refractivity contribution < 1.29 is 19.3 Å². The second kappa shape index (κ2) is 6.02. The highest BCUT2D eigenvalue weighted by molar-refractivity contribution is 6.35. The highest BCUT2D eigenvalue weighted by atomic mass is 35.5. The molecule has 0 fully saturated rings. The molecule has 21 heavy (non-hydrogen) atoms. The quantitative estimate of drug-likeness (QED) is 0.928. The lowest BCUT2D eigenvalue weighted by Gasteiger charge is -2.13. The lowest BCUT2D eigenvalue weighted by Crippen LogP contribution is -2.00. The molecule has 1 aliphatic heterocycles. The van der Waals surface area contributed by atoms with E-state index in [-0.39, 0.29) is 20.0 Å². The first kappa shape index (κ1) is 14.3. The van der Waals surface area contributed by atoms with Gasteiger partial charge in [0.15, 0.2) is 11.5 Å². The van der Waals surface area contributed by atoms with E-state index in [0.29, 0.717) is 38.4 Å². The summed E-state index contributed by atoms with van der Waals surface area (Å²) in [5, 5.41) is 10.5. The molecular formula is C15H12Cl2O4. The van der Waals surface area contributed by atoms with Crippen LogP contribution < -0.4 is 14.2 Å². The first-order valence-corrected chi connectivity index (χ1v) is 7.03. The zero-order chi connectivity index (χ0) is 14.8. The summed E-state index contributed by atoms with van der Waals surface area (Å²) in [7, 11) is 0. The van der Waals surface area contributed by atoms with Crippen LogP contribution in [0.1, 0.15) is 11.1 Å². The Bertz CT molecular complexity index is 653. The zero-order valence-electron chi connectivity index (χ0n) is 10.9. The Morgan fingerprint density at radius 1 is 1.10 bits per heavy atom. The van der Waals surface area contributed by atoms with Crippen LogP contribution in [0.2, 0.25) is 10.0 Å². The Morgan fingerprint density at radius 2 is 1.76 bits per heavy atom. The maximum Gasteiger partial charge on any atom is 0.231 e. The van der Waals surface area contributed by atoms with Gasteiger partial charge in [0, 0.05) is 27.2 Å². The molecule has 0 saturated carbocycles. The Morgan fingerprint density at radius 3 is 2.43 bits per heavy atom. The van der Waals surface area contributed by atoms with Gasteiger partial charge >= 0.3 is 0 Å². The number of benzene rings is 2. The zero-order valence-corrected chi connectivity index (χ0v) is 12.4. The number of rotatable bonds is 4. The summed E-state index contributed by atoms with van der Waals surface area (Å²) in [5.74, 6) is 1.70. The molecule has 0 atom stereocenters. The molecule has 1 aliphatic rings. The van der Waals surface area contributed by atoms with Crippen molar-refractivity contribution in [3.8, 4) is 17.2 Å². The molecule has 4 nitrogen and oxygen atoms in total.